The molecule has 0 aromatic heterocycles. The lowest BCUT2D eigenvalue weighted by atomic mass is 9.88. The summed E-state index contributed by atoms with van der Waals surface area (Å²) < 4.78 is 18.2. The predicted octanol–water partition coefficient (Wildman–Crippen LogP) is 2.53. The summed E-state index contributed by atoms with van der Waals surface area (Å²) in [5, 5.41) is 2.67. The average molecular weight is 265 g/mol. The highest BCUT2D eigenvalue weighted by atomic mass is 19.1. The number of ether oxygens (including phenoxy) is 1. The molecule has 1 aromatic rings. The lowest BCUT2D eigenvalue weighted by Crippen LogP contribution is -2.27. The van der Waals surface area contributed by atoms with Crippen molar-refractivity contribution in [2.75, 3.05) is 12.4 Å². The van der Waals surface area contributed by atoms with Gasteiger partial charge in [-0.15, -0.1) is 0 Å². The van der Waals surface area contributed by atoms with Crippen LogP contribution >= 0.6 is 0 Å². The number of ketones is 1. The van der Waals surface area contributed by atoms with Crippen molar-refractivity contribution in [3.8, 4) is 5.75 Å². The number of halogens is 1. The fraction of sp³-hybridized carbons (Fsp3) is 0.429. The van der Waals surface area contributed by atoms with Crippen LogP contribution in [-0.2, 0) is 9.59 Å². The maximum absolute atomic E-state index is 13.2. The molecular formula is C14H16FNO3. The molecule has 0 spiro atoms. The molecule has 1 aliphatic carbocycles. The zero-order valence-electron chi connectivity index (χ0n) is 10.7. The normalized spacial score (nSPS) is 16.2. The molecule has 0 unspecified atom stereocenters. The Labute approximate surface area is 110 Å². The number of hydrogen-bond donors (Lipinski definition) is 1. The topological polar surface area (TPSA) is 55.4 Å². The van der Waals surface area contributed by atoms with Gasteiger partial charge in [0.25, 0.3) is 0 Å². The average Bonchev–Trinajstić information content (AvgIpc) is 2.39. The van der Waals surface area contributed by atoms with E-state index < -0.39 is 5.82 Å². The lowest BCUT2D eigenvalue weighted by Gasteiger charge is -2.20. The van der Waals surface area contributed by atoms with Crippen molar-refractivity contribution in [3.63, 3.8) is 0 Å². The third-order valence-corrected chi connectivity index (χ3v) is 3.33. The lowest BCUT2D eigenvalue weighted by molar-refractivity contribution is -0.125. The van der Waals surface area contributed by atoms with Crippen LogP contribution in [0, 0.1) is 11.7 Å². The van der Waals surface area contributed by atoms with Gasteiger partial charge >= 0.3 is 0 Å². The van der Waals surface area contributed by atoms with E-state index in [-0.39, 0.29) is 17.6 Å². The highest BCUT2D eigenvalue weighted by Gasteiger charge is 2.25. The van der Waals surface area contributed by atoms with Gasteiger partial charge in [0.2, 0.25) is 5.91 Å². The van der Waals surface area contributed by atoms with E-state index in [1.165, 1.54) is 25.3 Å². The summed E-state index contributed by atoms with van der Waals surface area (Å²) in [5.41, 5.74) is 0.324. The molecule has 2 rings (SSSR count). The Morgan fingerprint density at radius 1 is 1.37 bits per heavy atom. The van der Waals surface area contributed by atoms with E-state index in [0.717, 1.165) is 0 Å². The first-order valence-corrected chi connectivity index (χ1v) is 6.26. The molecule has 0 aliphatic heterocycles. The minimum atomic E-state index is -0.435. The van der Waals surface area contributed by atoms with Gasteiger partial charge in [0, 0.05) is 24.8 Å². The molecule has 0 bridgehead atoms. The fourth-order valence-corrected chi connectivity index (χ4v) is 2.21. The molecule has 1 N–H and O–H groups in total. The molecule has 0 heterocycles. The van der Waals surface area contributed by atoms with Gasteiger partial charge in [0.05, 0.1) is 12.8 Å². The van der Waals surface area contributed by atoms with E-state index >= 15 is 0 Å². The van der Waals surface area contributed by atoms with Crippen LogP contribution in [0.25, 0.3) is 0 Å². The number of anilines is 1. The Morgan fingerprint density at radius 2 is 2.05 bits per heavy atom. The number of amides is 1. The molecule has 1 amide bonds. The molecule has 0 atom stereocenters. The standard InChI is InChI=1S/C14H16FNO3/c1-19-13-7-4-10(15)8-12(13)16-14(18)9-2-5-11(17)6-3-9/h4,7-9H,2-3,5-6H2,1H3,(H,16,18). The number of methoxy groups -OCH3 is 1. The molecule has 1 saturated carbocycles. The first-order valence-electron chi connectivity index (χ1n) is 6.26. The second-order valence-electron chi connectivity index (χ2n) is 4.65. The Hall–Kier alpha value is -1.91. The van der Waals surface area contributed by atoms with Crippen molar-refractivity contribution in [2.45, 2.75) is 25.7 Å². The zero-order valence-corrected chi connectivity index (χ0v) is 10.7. The molecule has 0 radical (unpaired) electrons. The number of carbonyl (C=O) groups excluding carboxylic acids is 2. The summed E-state index contributed by atoms with van der Waals surface area (Å²) >= 11 is 0. The Balaban J connectivity index is 2.06. The van der Waals surface area contributed by atoms with Crippen LogP contribution in [0.1, 0.15) is 25.7 Å². The van der Waals surface area contributed by atoms with Gasteiger partial charge in [-0.1, -0.05) is 0 Å². The summed E-state index contributed by atoms with van der Waals surface area (Å²) in [4.78, 5) is 23.2. The first-order chi connectivity index (χ1) is 9.10. The minimum Gasteiger partial charge on any atom is -0.495 e. The summed E-state index contributed by atoms with van der Waals surface area (Å²) in [5.74, 6) is -0.189. The van der Waals surface area contributed by atoms with Crippen molar-refractivity contribution >= 4 is 17.4 Å². The molecule has 1 fully saturated rings. The Kier molecular flexibility index (Phi) is 4.14. The smallest absolute Gasteiger partial charge is 0.227 e. The highest BCUT2D eigenvalue weighted by Crippen LogP contribution is 2.28. The maximum atomic E-state index is 13.2. The third kappa shape index (κ3) is 3.30. The number of carbonyl (C=O) groups is 2. The summed E-state index contributed by atoms with van der Waals surface area (Å²) in [6.45, 7) is 0. The predicted molar refractivity (Wildman–Crippen MR) is 68.5 cm³/mol. The Bertz CT molecular complexity index is 491. The van der Waals surface area contributed by atoms with E-state index in [9.17, 15) is 14.0 Å². The van der Waals surface area contributed by atoms with Crippen molar-refractivity contribution in [1.82, 2.24) is 0 Å². The number of nitrogens with one attached hydrogen (secondary N) is 1. The van der Waals surface area contributed by atoms with Crippen LogP contribution in [-0.4, -0.2) is 18.8 Å². The molecule has 5 heteroatoms. The van der Waals surface area contributed by atoms with Gasteiger partial charge in [-0.05, 0) is 25.0 Å². The van der Waals surface area contributed by atoms with Gasteiger partial charge in [-0.3, -0.25) is 9.59 Å². The molecule has 1 aromatic carbocycles. The zero-order chi connectivity index (χ0) is 13.8. The number of hydrogen-bond acceptors (Lipinski definition) is 3. The van der Waals surface area contributed by atoms with Crippen molar-refractivity contribution in [2.24, 2.45) is 5.92 Å². The van der Waals surface area contributed by atoms with Crippen LogP contribution < -0.4 is 10.1 Å². The van der Waals surface area contributed by atoms with E-state index in [0.29, 0.717) is 37.1 Å². The third-order valence-electron chi connectivity index (χ3n) is 3.33. The highest BCUT2D eigenvalue weighted by molar-refractivity contribution is 5.95. The molecule has 1 aliphatic rings. The van der Waals surface area contributed by atoms with Crippen molar-refractivity contribution in [1.29, 1.82) is 0 Å². The molecular weight excluding hydrogens is 249 g/mol. The number of Topliss-reactive ketones (excluding diaryl/α,β-unsaturated/α-hetero) is 1. The van der Waals surface area contributed by atoms with Crippen molar-refractivity contribution < 1.29 is 18.7 Å². The van der Waals surface area contributed by atoms with Crippen LogP contribution in [0.4, 0.5) is 10.1 Å². The van der Waals surface area contributed by atoms with Crippen LogP contribution in [0.3, 0.4) is 0 Å². The van der Waals surface area contributed by atoms with Gasteiger partial charge in [0.1, 0.15) is 17.3 Å². The number of benzene rings is 1. The molecule has 102 valence electrons. The second kappa shape index (κ2) is 5.82. The van der Waals surface area contributed by atoms with Gasteiger partial charge in [-0.2, -0.15) is 0 Å². The van der Waals surface area contributed by atoms with Crippen molar-refractivity contribution in [3.05, 3.63) is 24.0 Å². The SMILES string of the molecule is COc1ccc(F)cc1NC(=O)C1CCC(=O)CC1. The maximum Gasteiger partial charge on any atom is 0.227 e. The van der Waals surface area contributed by atoms with Crippen LogP contribution in [0.5, 0.6) is 5.75 Å². The monoisotopic (exact) mass is 265 g/mol. The van der Waals surface area contributed by atoms with E-state index in [1.54, 1.807) is 0 Å². The Morgan fingerprint density at radius 3 is 2.68 bits per heavy atom. The number of rotatable bonds is 3. The second-order valence-corrected chi connectivity index (χ2v) is 4.65. The molecule has 4 nitrogen and oxygen atoms in total. The van der Waals surface area contributed by atoms with Gasteiger partial charge in [0.15, 0.2) is 0 Å². The fourth-order valence-electron chi connectivity index (χ4n) is 2.21. The molecule has 19 heavy (non-hydrogen) atoms. The quantitative estimate of drug-likeness (QED) is 0.913. The van der Waals surface area contributed by atoms with E-state index in [4.69, 9.17) is 4.74 Å². The molecule has 0 saturated heterocycles. The van der Waals surface area contributed by atoms with E-state index in [1.807, 2.05) is 0 Å². The summed E-state index contributed by atoms with van der Waals surface area (Å²) in [6, 6.07) is 3.97. The van der Waals surface area contributed by atoms with Gasteiger partial charge < -0.3 is 10.1 Å². The van der Waals surface area contributed by atoms with Crippen LogP contribution in [0.2, 0.25) is 0 Å². The first kappa shape index (κ1) is 13.5. The van der Waals surface area contributed by atoms with Crippen LogP contribution in [0.15, 0.2) is 18.2 Å². The van der Waals surface area contributed by atoms with Gasteiger partial charge in [-0.25, -0.2) is 4.39 Å². The minimum absolute atomic E-state index is 0.184. The largest absolute Gasteiger partial charge is 0.495 e. The summed E-state index contributed by atoms with van der Waals surface area (Å²) in [6.07, 6.45) is 2.00. The summed E-state index contributed by atoms with van der Waals surface area (Å²) in [7, 11) is 1.46. The van der Waals surface area contributed by atoms with E-state index in [2.05, 4.69) is 5.32 Å².